The number of aliphatic hydroxyl groups excluding tert-OH is 1. The Morgan fingerprint density at radius 2 is 2.06 bits per heavy atom. The number of pyridine rings is 1. The van der Waals surface area contributed by atoms with Gasteiger partial charge < -0.3 is 20.0 Å². The van der Waals surface area contributed by atoms with Crippen molar-refractivity contribution in [2.75, 3.05) is 13.7 Å². The highest BCUT2D eigenvalue weighted by Gasteiger charge is 2.48. The molecule has 1 saturated carbocycles. The Labute approximate surface area is 209 Å². The Hall–Kier alpha value is -2.86. The van der Waals surface area contributed by atoms with Crippen LogP contribution in [-0.4, -0.2) is 64.0 Å². The van der Waals surface area contributed by atoms with Crippen LogP contribution in [0, 0.1) is 0 Å². The topological polar surface area (TPSA) is 127 Å². The van der Waals surface area contributed by atoms with Gasteiger partial charge in [0.1, 0.15) is 17.8 Å². The Bertz CT molecular complexity index is 1330. The molecule has 3 atom stereocenters. The van der Waals surface area contributed by atoms with Crippen LogP contribution in [-0.2, 0) is 25.0 Å². The highest BCUT2D eigenvalue weighted by Crippen LogP contribution is 2.42. The first-order valence-corrected chi connectivity index (χ1v) is 13.1. The van der Waals surface area contributed by atoms with Gasteiger partial charge in [-0.25, -0.2) is 13.4 Å². The fourth-order valence-corrected chi connectivity index (χ4v) is 6.39. The maximum absolute atomic E-state index is 13.3. The summed E-state index contributed by atoms with van der Waals surface area (Å²) >= 11 is 5.52. The molecule has 0 spiro atoms. The summed E-state index contributed by atoms with van der Waals surface area (Å²) in [6.07, 6.45) is 7.34. The number of nitrogens with zero attached hydrogens (tertiary/aromatic N) is 3. The molecular weight excluding hydrogens is 488 g/mol. The van der Waals surface area contributed by atoms with Crippen molar-refractivity contribution >= 4 is 38.8 Å². The molecule has 2 heterocycles. The molecule has 0 radical (unpaired) electrons. The van der Waals surface area contributed by atoms with Crippen molar-refractivity contribution in [3.63, 3.8) is 0 Å². The first-order valence-electron chi connectivity index (χ1n) is 11.3. The predicted molar refractivity (Wildman–Crippen MR) is 134 cm³/mol. The number of thiocarbonyl (C=S) groups is 1. The predicted octanol–water partition coefficient (Wildman–Crippen LogP) is 2.03. The van der Waals surface area contributed by atoms with E-state index in [0.29, 0.717) is 12.8 Å². The van der Waals surface area contributed by atoms with Crippen molar-refractivity contribution in [2.45, 2.75) is 48.1 Å². The van der Waals surface area contributed by atoms with Crippen molar-refractivity contribution in [1.29, 1.82) is 0 Å². The number of esters is 1. The molecule has 3 aromatic rings. The van der Waals surface area contributed by atoms with Crippen LogP contribution in [0.1, 0.15) is 31.2 Å². The molecule has 0 saturated heterocycles. The zero-order valence-corrected chi connectivity index (χ0v) is 20.9. The fraction of sp³-hybridized carbons (Fsp3) is 0.375. The van der Waals surface area contributed by atoms with E-state index in [1.807, 2.05) is 22.7 Å². The van der Waals surface area contributed by atoms with Crippen LogP contribution in [0.2, 0.25) is 0 Å². The minimum Gasteiger partial charge on any atom is -0.460 e. The van der Waals surface area contributed by atoms with E-state index >= 15 is 0 Å². The Morgan fingerprint density at radius 1 is 1.31 bits per heavy atom. The first kappa shape index (κ1) is 25.2. The number of aliphatic hydroxyl groups is 1. The molecule has 0 amide bonds. The van der Waals surface area contributed by atoms with E-state index in [1.165, 1.54) is 19.2 Å². The Kier molecular flexibility index (Phi) is 7.22. The quantitative estimate of drug-likeness (QED) is 0.344. The molecule has 0 aliphatic heterocycles. The number of likely N-dealkylation sites (N-methyl/N-ethyl adjacent to an activating group) is 1. The van der Waals surface area contributed by atoms with Crippen LogP contribution in [0.4, 0.5) is 0 Å². The number of hydrogen-bond acceptors (Lipinski definition) is 7. The molecule has 1 aliphatic carbocycles. The number of nitrogens with two attached hydrogens (primary N) is 1. The molecular formula is C24H28N4O5S2. The van der Waals surface area contributed by atoms with E-state index < -0.39 is 40.2 Å². The SMILES string of the molecule is CN([C@@H](CO)C(=O)OC1CCCCC1(C(N)=S)c1ccc2nccn2c1)S(=O)(=O)c1ccccc1. The van der Waals surface area contributed by atoms with Gasteiger partial charge in [0.05, 0.1) is 21.9 Å². The van der Waals surface area contributed by atoms with E-state index in [4.69, 9.17) is 22.7 Å². The standard InChI is InChI=1S/C24H28N4O5S2/c1-27(35(31,32)18-7-3-2-4-8-18)19(16-29)22(30)33-20-9-5-6-12-24(20,23(25)34)17-10-11-21-26-13-14-28(21)15-17/h2-4,7-8,10-11,13-15,19-20,29H,5-6,9,12,16H2,1H3,(H2,25,34)/t19-,20?,24?/m0/s1. The molecule has 4 rings (SSSR count). The average molecular weight is 517 g/mol. The zero-order chi connectivity index (χ0) is 25.2. The number of carbonyl (C=O) groups is 1. The number of imidazole rings is 1. The second-order valence-corrected chi connectivity index (χ2v) is 11.1. The lowest BCUT2D eigenvalue weighted by molar-refractivity contribution is -0.158. The number of aromatic nitrogens is 2. The lowest BCUT2D eigenvalue weighted by Gasteiger charge is -2.43. The van der Waals surface area contributed by atoms with Gasteiger partial charge in [-0.1, -0.05) is 42.9 Å². The molecule has 1 aliphatic rings. The summed E-state index contributed by atoms with van der Waals surface area (Å²) in [4.78, 5) is 17.8. The van der Waals surface area contributed by atoms with Crippen LogP contribution in [0.25, 0.3) is 5.65 Å². The van der Waals surface area contributed by atoms with Gasteiger partial charge >= 0.3 is 5.97 Å². The van der Waals surface area contributed by atoms with Gasteiger partial charge in [0, 0.05) is 25.6 Å². The monoisotopic (exact) mass is 516 g/mol. The number of hydrogen-bond donors (Lipinski definition) is 2. The summed E-state index contributed by atoms with van der Waals surface area (Å²) in [5, 5.41) is 9.99. The van der Waals surface area contributed by atoms with Crippen LogP contribution in [0.5, 0.6) is 0 Å². The van der Waals surface area contributed by atoms with Gasteiger partial charge in [0.15, 0.2) is 0 Å². The third-order valence-corrected chi connectivity index (χ3v) is 8.99. The van der Waals surface area contributed by atoms with Gasteiger partial charge in [-0.15, -0.1) is 0 Å². The second kappa shape index (κ2) is 10.0. The number of benzene rings is 1. The second-order valence-electron chi connectivity index (χ2n) is 8.65. The Balaban J connectivity index is 1.65. The summed E-state index contributed by atoms with van der Waals surface area (Å²) in [6.45, 7) is -0.741. The van der Waals surface area contributed by atoms with E-state index in [1.54, 1.807) is 30.6 Å². The van der Waals surface area contributed by atoms with Crippen LogP contribution >= 0.6 is 12.2 Å². The number of carbonyl (C=O) groups excluding carboxylic acids is 1. The van der Waals surface area contributed by atoms with Crippen molar-refractivity contribution in [1.82, 2.24) is 13.7 Å². The molecule has 3 N–H and O–H groups in total. The summed E-state index contributed by atoms with van der Waals surface area (Å²) in [7, 11) is -2.79. The van der Waals surface area contributed by atoms with Crippen molar-refractivity contribution in [3.05, 3.63) is 66.6 Å². The lowest BCUT2D eigenvalue weighted by atomic mass is 9.67. The fourth-order valence-electron chi connectivity index (χ4n) is 4.72. The van der Waals surface area contributed by atoms with Gasteiger partial charge in [-0.3, -0.25) is 4.79 Å². The largest absolute Gasteiger partial charge is 0.460 e. The van der Waals surface area contributed by atoms with Gasteiger partial charge in [0.2, 0.25) is 10.0 Å². The summed E-state index contributed by atoms with van der Waals surface area (Å²) < 4.78 is 34.7. The zero-order valence-electron chi connectivity index (χ0n) is 19.3. The summed E-state index contributed by atoms with van der Waals surface area (Å²) in [5.74, 6) is -0.856. The van der Waals surface area contributed by atoms with Crippen molar-refractivity contribution in [2.24, 2.45) is 5.73 Å². The lowest BCUT2D eigenvalue weighted by Crippen LogP contribution is -2.55. The smallest absolute Gasteiger partial charge is 0.327 e. The van der Waals surface area contributed by atoms with Gasteiger partial charge in [-0.2, -0.15) is 4.31 Å². The molecule has 1 aromatic carbocycles. The molecule has 1 fully saturated rings. The van der Waals surface area contributed by atoms with Gasteiger partial charge in [0.25, 0.3) is 0 Å². The molecule has 9 nitrogen and oxygen atoms in total. The van der Waals surface area contributed by atoms with E-state index in [0.717, 1.165) is 28.4 Å². The highest BCUT2D eigenvalue weighted by atomic mass is 32.2. The minimum absolute atomic E-state index is 0.0116. The van der Waals surface area contributed by atoms with Gasteiger partial charge in [-0.05, 0) is 43.0 Å². The molecule has 0 bridgehead atoms. The maximum Gasteiger partial charge on any atom is 0.327 e. The highest BCUT2D eigenvalue weighted by molar-refractivity contribution is 7.89. The molecule has 11 heteroatoms. The van der Waals surface area contributed by atoms with Crippen molar-refractivity contribution < 1.29 is 23.1 Å². The van der Waals surface area contributed by atoms with E-state index in [2.05, 4.69) is 4.98 Å². The summed E-state index contributed by atoms with van der Waals surface area (Å²) in [6, 6.07) is 10.0. The number of fused-ring (bicyclic) bond motifs is 1. The third kappa shape index (κ3) is 4.56. The van der Waals surface area contributed by atoms with Crippen LogP contribution in [0.3, 0.4) is 0 Å². The van der Waals surface area contributed by atoms with Crippen LogP contribution in [0.15, 0.2) is 66.0 Å². The molecule has 35 heavy (non-hydrogen) atoms. The number of rotatable bonds is 8. The first-order chi connectivity index (χ1) is 16.7. The number of sulfonamides is 1. The van der Waals surface area contributed by atoms with E-state index in [9.17, 15) is 18.3 Å². The van der Waals surface area contributed by atoms with Crippen molar-refractivity contribution in [3.8, 4) is 0 Å². The maximum atomic E-state index is 13.3. The molecule has 2 aromatic heterocycles. The van der Waals surface area contributed by atoms with Crippen LogP contribution < -0.4 is 5.73 Å². The minimum atomic E-state index is -4.04. The average Bonchev–Trinajstić information content (AvgIpc) is 3.33. The summed E-state index contributed by atoms with van der Waals surface area (Å²) in [5.41, 5.74) is 6.91. The third-order valence-electron chi connectivity index (χ3n) is 6.74. The molecule has 186 valence electrons. The van der Waals surface area contributed by atoms with E-state index in [-0.39, 0.29) is 9.88 Å². The molecule has 2 unspecified atom stereocenters. The number of ether oxygens (including phenoxy) is 1. The Morgan fingerprint density at radius 3 is 2.74 bits per heavy atom. The normalized spacial score (nSPS) is 21.6.